The Balaban J connectivity index is 1.82. The zero-order valence-corrected chi connectivity index (χ0v) is 13.2. The summed E-state index contributed by atoms with van der Waals surface area (Å²) in [6, 6.07) is 7.61. The van der Waals surface area contributed by atoms with Crippen LogP contribution in [0, 0.1) is 5.92 Å². The van der Waals surface area contributed by atoms with Crippen LogP contribution in [0.4, 0.5) is 5.69 Å². The first-order valence-electron chi connectivity index (χ1n) is 7.49. The molecule has 104 valence electrons. The minimum atomic E-state index is 0.792. The van der Waals surface area contributed by atoms with Crippen LogP contribution in [0.3, 0.4) is 0 Å². The predicted octanol–water partition coefficient (Wildman–Crippen LogP) is 3.94. The first-order chi connectivity index (χ1) is 9.29. The highest BCUT2D eigenvalue weighted by Crippen LogP contribution is 2.41. The highest BCUT2D eigenvalue weighted by atomic mass is 79.9. The van der Waals surface area contributed by atoms with Crippen molar-refractivity contribution in [3.8, 4) is 0 Å². The topological polar surface area (TPSA) is 15.3 Å². The van der Waals surface area contributed by atoms with E-state index in [0.717, 1.165) is 18.5 Å². The van der Waals surface area contributed by atoms with Crippen molar-refractivity contribution in [1.29, 1.82) is 0 Å². The third-order valence-corrected chi connectivity index (χ3v) is 5.35. The zero-order chi connectivity index (χ0) is 13.2. The largest absolute Gasteiger partial charge is 0.367 e. The van der Waals surface area contributed by atoms with Crippen LogP contribution in [0.1, 0.15) is 37.7 Å². The van der Waals surface area contributed by atoms with Crippen LogP contribution in [0.2, 0.25) is 0 Å². The van der Waals surface area contributed by atoms with Crippen molar-refractivity contribution < 1.29 is 0 Å². The van der Waals surface area contributed by atoms with Gasteiger partial charge in [-0.05, 0) is 65.9 Å². The average Bonchev–Trinajstić information content (AvgIpc) is 2.83. The van der Waals surface area contributed by atoms with Gasteiger partial charge in [0.05, 0.1) is 5.69 Å². The van der Waals surface area contributed by atoms with Crippen molar-refractivity contribution in [3.63, 3.8) is 0 Å². The van der Waals surface area contributed by atoms with Crippen LogP contribution in [0.15, 0.2) is 22.7 Å². The van der Waals surface area contributed by atoms with Crippen LogP contribution in [0.5, 0.6) is 0 Å². The van der Waals surface area contributed by atoms with Gasteiger partial charge in [-0.15, -0.1) is 0 Å². The van der Waals surface area contributed by atoms with E-state index < -0.39 is 0 Å². The van der Waals surface area contributed by atoms with E-state index in [9.17, 15) is 0 Å². The van der Waals surface area contributed by atoms with Gasteiger partial charge in [0.1, 0.15) is 0 Å². The fourth-order valence-corrected chi connectivity index (χ4v) is 4.46. The Hall–Kier alpha value is -0.540. The van der Waals surface area contributed by atoms with Crippen LogP contribution in [0.25, 0.3) is 0 Å². The molecule has 1 saturated carbocycles. The van der Waals surface area contributed by atoms with E-state index in [0.29, 0.717) is 0 Å². The molecule has 1 aliphatic carbocycles. The molecule has 3 heteroatoms. The molecule has 0 bridgehead atoms. The van der Waals surface area contributed by atoms with Crippen molar-refractivity contribution in [3.05, 3.63) is 28.2 Å². The monoisotopic (exact) mass is 322 g/mol. The minimum Gasteiger partial charge on any atom is -0.367 e. The van der Waals surface area contributed by atoms with Gasteiger partial charge >= 0.3 is 0 Å². The van der Waals surface area contributed by atoms with E-state index in [2.05, 4.69) is 44.3 Å². The Morgan fingerprint density at radius 2 is 2.11 bits per heavy atom. The smallest absolute Gasteiger partial charge is 0.0513 e. The second-order valence-corrected chi connectivity index (χ2v) is 6.76. The molecule has 1 aromatic rings. The summed E-state index contributed by atoms with van der Waals surface area (Å²) in [5, 5.41) is 3.21. The standard InChI is InChI=1S/C16H23BrN2/c1-18-11-12-6-7-16(14(17)10-12)19-9-8-13-4-2-3-5-15(13)19/h6-7,10,13,15,18H,2-5,8-9,11H2,1H3. The molecule has 19 heavy (non-hydrogen) atoms. The van der Waals surface area contributed by atoms with Crippen LogP contribution in [-0.2, 0) is 6.54 Å². The Bertz CT molecular complexity index is 446. The maximum absolute atomic E-state index is 3.77. The summed E-state index contributed by atoms with van der Waals surface area (Å²) in [6.45, 7) is 2.17. The molecular weight excluding hydrogens is 300 g/mol. The molecular formula is C16H23BrN2. The van der Waals surface area contributed by atoms with Crippen LogP contribution < -0.4 is 10.2 Å². The number of hydrogen-bond acceptors (Lipinski definition) is 2. The lowest BCUT2D eigenvalue weighted by atomic mass is 9.85. The second kappa shape index (κ2) is 5.84. The van der Waals surface area contributed by atoms with Crippen molar-refractivity contribution in [2.24, 2.45) is 5.92 Å². The van der Waals surface area contributed by atoms with Gasteiger partial charge in [0.2, 0.25) is 0 Å². The molecule has 1 N–H and O–H groups in total. The maximum Gasteiger partial charge on any atom is 0.0513 e. The van der Waals surface area contributed by atoms with E-state index in [1.807, 2.05) is 7.05 Å². The Kier molecular flexibility index (Phi) is 4.13. The number of rotatable bonds is 3. The van der Waals surface area contributed by atoms with Gasteiger partial charge in [0, 0.05) is 23.6 Å². The third kappa shape index (κ3) is 2.68. The Morgan fingerprint density at radius 1 is 1.26 bits per heavy atom. The first-order valence-corrected chi connectivity index (χ1v) is 8.28. The fourth-order valence-electron chi connectivity index (χ4n) is 3.80. The van der Waals surface area contributed by atoms with Crippen LogP contribution in [-0.4, -0.2) is 19.6 Å². The summed E-state index contributed by atoms with van der Waals surface area (Å²) in [6.07, 6.45) is 7.06. The van der Waals surface area contributed by atoms with Crippen molar-refractivity contribution >= 4 is 21.6 Å². The Morgan fingerprint density at radius 3 is 2.89 bits per heavy atom. The number of fused-ring (bicyclic) bond motifs is 1. The molecule has 2 fully saturated rings. The summed E-state index contributed by atoms with van der Waals surface area (Å²) in [5.41, 5.74) is 2.74. The number of nitrogens with zero attached hydrogens (tertiary/aromatic N) is 1. The quantitative estimate of drug-likeness (QED) is 0.906. The van der Waals surface area contributed by atoms with E-state index in [4.69, 9.17) is 0 Å². The summed E-state index contributed by atoms with van der Waals surface area (Å²) in [7, 11) is 1.99. The molecule has 1 saturated heterocycles. The number of nitrogens with one attached hydrogen (secondary N) is 1. The van der Waals surface area contributed by atoms with Crippen LogP contribution >= 0.6 is 15.9 Å². The maximum atomic E-state index is 3.77. The van der Waals surface area contributed by atoms with Crippen molar-refractivity contribution in [2.75, 3.05) is 18.5 Å². The average molecular weight is 323 g/mol. The molecule has 0 radical (unpaired) electrons. The highest BCUT2D eigenvalue weighted by molar-refractivity contribution is 9.10. The lowest BCUT2D eigenvalue weighted by Gasteiger charge is -2.33. The molecule has 1 aliphatic heterocycles. The number of anilines is 1. The van der Waals surface area contributed by atoms with Gasteiger partial charge < -0.3 is 10.2 Å². The van der Waals surface area contributed by atoms with E-state index in [1.165, 1.54) is 54.4 Å². The van der Waals surface area contributed by atoms with E-state index in [1.54, 1.807) is 0 Å². The normalized spacial score (nSPS) is 26.5. The number of halogens is 1. The molecule has 0 spiro atoms. The van der Waals surface area contributed by atoms with Gasteiger partial charge in [-0.3, -0.25) is 0 Å². The van der Waals surface area contributed by atoms with Crippen molar-refractivity contribution in [1.82, 2.24) is 5.32 Å². The molecule has 1 heterocycles. The molecule has 3 rings (SSSR count). The highest BCUT2D eigenvalue weighted by Gasteiger charge is 2.36. The number of hydrogen-bond donors (Lipinski definition) is 1. The van der Waals surface area contributed by atoms with E-state index in [-0.39, 0.29) is 0 Å². The summed E-state index contributed by atoms with van der Waals surface area (Å²) in [4.78, 5) is 2.65. The first kappa shape index (κ1) is 13.4. The molecule has 2 nitrogen and oxygen atoms in total. The molecule has 2 unspecified atom stereocenters. The van der Waals surface area contributed by atoms with Gasteiger partial charge in [-0.2, -0.15) is 0 Å². The molecule has 1 aromatic carbocycles. The molecule has 2 aliphatic rings. The number of benzene rings is 1. The zero-order valence-electron chi connectivity index (χ0n) is 11.7. The predicted molar refractivity (Wildman–Crippen MR) is 84.6 cm³/mol. The second-order valence-electron chi connectivity index (χ2n) is 5.91. The molecule has 0 amide bonds. The third-order valence-electron chi connectivity index (χ3n) is 4.71. The summed E-state index contributed by atoms with van der Waals surface area (Å²) >= 11 is 3.77. The van der Waals surface area contributed by atoms with Gasteiger partial charge in [0.25, 0.3) is 0 Å². The lowest BCUT2D eigenvalue weighted by Crippen LogP contribution is -2.34. The SMILES string of the molecule is CNCc1ccc(N2CCC3CCCCC32)c(Br)c1. The Labute approximate surface area is 124 Å². The summed E-state index contributed by atoms with van der Waals surface area (Å²) in [5.74, 6) is 0.942. The van der Waals surface area contributed by atoms with Crippen molar-refractivity contribution in [2.45, 2.75) is 44.7 Å². The van der Waals surface area contributed by atoms with Gasteiger partial charge in [0.15, 0.2) is 0 Å². The van der Waals surface area contributed by atoms with Gasteiger partial charge in [-0.25, -0.2) is 0 Å². The minimum absolute atomic E-state index is 0.792. The fraction of sp³-hybridized carbons (Fsp3) is 0.625. The van der Waals surface area contributed by atoms with Gasteiger partial charge in [-0.1, -0.05) is 18.9 Å². The summed E-state index contributed by atoms with van der Waals surface area (Å²) < 4.78 is 1.26. The molecule has 0 aromatic heterocycles. The lowest BCUT2D eigenvalue weighted by molar-refractivity contribution is 0.342. The molecule has 2 atom stereocenters. The van der Waals surface area contributed by atoms with E-state index >= 15 is 0 Å².